The Morgan fingerprint density at radius 3 is 0.350 bits per heavy atom. The van der Waals surface area contributed by atoms with Crippen molar-refractivity contribution >= 4 is 50.4 Å². The van der Waals surface area contributed by atoms with Gasteiger partial charge in [-0.15, -0.1) is 0 Å². The summed E-state index contributed by atoms with van der Waals surface area (Å²) >= 11 is 0. The average Bonchev–Trinajstić information content (AvgIpc) is 1.40. The summed E-state index contributed by atoms with van der Waals surface area (Å²) in [5, 5.41) is 8.53. The van der Waals surface area contributed by atoms with Crippen LogP contribution in [0.15, 0.2) is 24.3 Å². The van der Waals surface area contributed by atoms with Crippen LogP contribution in [-0.4, -0.2) is 29.6 Å². The predicted molar refractivity (Wildman–Crippen MR) is 447 cm³/mol. The van der Waals surface area contributed by atoms with E-state index in [1.807, 2.05) is 89.0 Å². The molecule has 0 spiro atoms. The molecule has 0 saturated carbocycles. The van der Waals surface area contributed by atoms with Gasteiger partial charge in [-0.2, -0.15) is 0 Å². The highest BCUT2D eigenvalue weighted by molar-refractivity contribution is 7.76. The molecule has 8 aliphatic carbocycles. The highest BCUT2D eigenvalue weighted by Crippen LogP contribution is 2.66. The lowest BCUT2D eigenvalue weighted by Gasteiger charge is -2.44. The lowest BCUT2D eigenvalue weighted by atomic mass is 9.72. The van der Waals surface area contributed by atoms with Gasteiger partial charge in [-0.05, 0) is 351 Å². The van der Waals surface area contributed by atoms with E-state index < -0.39 is 29.6 Å². The average molecular weight is 1410 g/mol. The topological polar surface area (TPSA) is 0 Å². The van der Waals surface area contributed by atoms with Crippen molar-refractivity contribution in [1.82, 2.24) is 0 Å². The van der Waals surface area contributed by atoms with E-state index in [2.05, 4.69) is 267 Å². The second-order valence-corrected chi connectivity index (χ2v) is 65.3. The summed E-state index contributed by atoms with van der Waals surface area (Å²) in [7, 11) is -6.17. The van der Waals surface area contributed by atoms with Gasteiger partial charge in [0.1, 0.15) is 0 Å². The van der Waals surface area contributed by atoms with Gasteiger partial charge in [-0.25, -0.2) is 0 Å². The molecule has 13 rings (SSSR count). The lowest BCUT2D eigenvalue weighted by molar-refractivity contribution is 0.322. The smallest absolute Gasteiger partial charge is 0.0411 e. The molecule has 0 nitrogen and oxygen atoms in total. The van der Waals surface area contributed by atoms with Crippen molar-refractivity contribution < 1.29 is 0 Å². The van der Waals surface area contributed by atoms with E-state index in [4.69, 9.17) is 0 Å². The monoisotopic (exact) mass is 1410 g/mol. The lowest BCUT2D eigenvalue weighted by Crippen LogP contribution is -2.74. The third-order valence-corrected chi connectivity index (χ3v) is 79.4. The predicted octanol–water partition coefficient (Wildman–Crippen LogP) is 23.8. The first-order valence-electron chi connectivity index (χ1n) is 42.9. The van der Waals surface area contributed by atoms with Crippen molar-refractivity contribution in [3.8, 4) is 0 Å². The van der Waals surface area contributed by atoms with Crippen LogP contribution in [0, 0.1) is 0 Å². The number of benzene rings is 4. The van der Waals surface area contributed by atoms with E-state index in [0.717, 1.165) is 0 Å². The Morgan fingerprint density at radius 1 is 0.180 bits per heavy atom. The third kappa shape index (κ3) is 9.44. The molecule has 0 N–H and O–H groups in total. The van der Waals surface area contributed by atoms with E-state index in [-0.39, 0.29) is 86.6 Å². The molecular formula is C96H148Si4. The number of rotatable bonds is 20. The van der Waals surface area contributed by atoms with Crippen molar-refractivity contribution in [3.63, 3.8) is 0 Å². The number of hydrogen-bond acceptors (Lipinski definition) is 0. The molecule has 0 saturated heterocycles. The SMILES string of the molecule is CCC1(CC)CC(C)(C)c2c1cc1c(c2[Si]2=[Si](c3c4c(cc5c3C(C)(C)CC5(CC)CC)C(CC)(CC)CC4(C)C)[Si](c3c4c(cc5c3C(C)(C)CC5(CC)CC)C(CC)(CC)CC4(C)C)=[Si]2c2c3c(cc4c2C(C)(C)CC4(CC)CC)C(CC)(CC)CC3(C)C)C(C)(C)CC1(CC)CC. The molecule has 0 aromatic heterocycles. The summed E-state index contributed by atoms with van der Waals surface area (Å²) in [6.07, 6.45) is 30.1. The van der Waals surface area contributed by atoms with Crippen LogP contribution in [0.3, 0.4) is 0 Å². The summed E-state index contributed by atoms with van der Waals surface area (Å²) in [5.74, 6) is 0. The van der Waals surface area contributed by atoms with E-state index in [9.17, 15) is 0 Å². The maximum atomic E-state index is 3.07. The molecule has 0 amide bonds. The van der Waals surface area contributed by atoms with Crippen LogP contribution >= 0.6 is 0 Å². The van der Waals surface area contributed by atoms with Crippen molar-refractivity contribution in [2.45, 2.75) is 462 Å². The van der Waals surface area contributed by atoms with Crippen molar-refractivity contribution in [2.24, 2.45) is 0 Å². The molecule has 1 heterocycles. The molecule has 0 fully saturated rings. The fourth-order valence-electron chi connectivity index (χ4n) is 29.4. The second-order valence-electron chi connectivity index (χ2n) is 42.3. The zero-order valence-electron chi connectivity index (χ0n) is 71.3. The Bertz CT molecular complexity index is 3350. The third-order valence-electron chi connectivity index (χ3n) is 34.4. The van der Waals surface area contributed by atoms with Crippen LogP contribution in [-0.2, 0) is 86.6 Å². The van der Waals surface area contributed by atoms with Gasteiger partial charge < -0.3 is 0 Å². The summed E-state index contributed by atoms with van der Waals surface area (Å²) in [5.41, 5.74) is 32.2. The summed E-state index contributed by atoms with van der Waals surface area (Å²) in [6.45, 7) is 88.0. The van der Waals surface area contributed by atoms with Gasteiger partial charge in [-0.1, -0.05) is 246 Å². The molecule has 1 aliphatic heterocycles. The fraction of sp³-hybridized carbons (Fsp3) is 0.750. The minimum Gasteiger partial charge on any atom is -0.0645 e. The quantitative estimate of drug-likeness (QED) is 0.0774. The molecule has 0 atom stereocenters. The van der Waals surface area contributed by atoms with Gasteiger partial charge in [0.15, 0.2) is 0 Å². The number of fused-ring (bicyclic) bond motifs is 8. The Labute approximate surface area is 621 Å². The standard InChI is InChI=1S/C96H148Si4/c1-33-89(34-2)53-81(17,18)69-61(89)49-62-70(82(19,20)54-90(62,35-3)36-4)77(69)97-98(78-71-63(91(37-5,38-6)55-83(71,21)22)50-64-72(78)84(23,24)56-92(64,39-7)40-8)100(80-75-67(95(45-13,46-14)59-87(75,29)30)52-68-76(80)88(31,32)60-96(68,47-15)48-16)99(97)79-73-65(93(41-9,42-10)57-85(73,25)26)51-66-74(79)86(27,28)58-94(66,43-11)44-12/h49-52H,33-48,53-60H2,1-32H3. The molecule has 0 bridgehead atoms. The largest absolute Gasteiger partial charge is 0.0645 e. The molecule has 548 valence electrons. The molecule has 9 aliphatic rings. The van der Waals surface area contributed by atoms with Crippen molar-refractivity contribution in [2.75, 3.05) is 0 Å². The summed E-state index contributed by atoms with van der Waals surface area (Å²) in [4.78, 5) is 0. The normalized spacial score (nSPS) is 25.5. The zero-order valence-corrected chi connectivity index (χ0v) is 75.3. The molecule has 4 aromatic rings. The van der Waals surface area contributed by atoms with Gasteiger partial charge in [0, 0.05) is 29.6 Å². The highest BCUT2D eigenvalue weighted by atomic mass is 29.9. The van der Waals surface area contributed by atoms with E-state index in [1.165, 1.54) is 154 Å². The Hall–Kier alpha value is -2.25. The first kappa shape index (κ1) is 76.0. The van der Waals surface area contributed by atoms with Crippen LogP contribution in [0.25, 0.3) is 0 Å². The molecule has 4 aromatic carbocycles. The maximum Gasteiger partial charge on any atom is 0.0411 e. The number of hydrogen-bond donors (Lipinski definition) is 0. The summed E-state index contributed by atoms with van der Waals surface area (Å²) in [6, 6.07) is 12.3. The Balaban J connectivity index is 1.46. The molecule has 0 radical (unpaired) electrons. The first-order valence-corrected chi connectivity index (χ1v) is 52.9. The molecule has 100 heavy (non-hydrogen) atoms. The molecule has 0 unspecified atom stereocenters. The van der Waals surface area contributed by atoms with Crippen LogP contribution < -0.4 is 20.7 Å². The summed E-state index contributed by atoms with van der Waals surface area (Å²) < 4.78 is 0. The Morgan fingerprint density at radius 2 is 0.270 bits per heavy atom. The van der Waals surface area contributed by atoms with Crippen molar-refractivity contribution in [3.05, 3.63) is 113 Å². The van der Waals surface area contributed by atoms with Crippen molar-refractivity contribution in [1.29, 1.82) is 0 Å². The van der Waals surface area contributed by atoms with E-state index >= 15 is 0 Å². The van der Waals surface area contributed by atoms with Gasteiger partial charge >= 0.3 is 0 Å². The van der Waals surface area contributed by atoms with Crippen LogP contribution in [0.1, 0.15) is 465 Å². The van der Waals surface area contributed by atoms with Crippen LogP contribution in [0.5, 0.6) is 0 Å². The van der Waals surface area contributed by atoms with Crippen LogP contribution in [0.4, 0.5) is 0 Å². The van der Waals surface area contributed by atoms with E-state index in [1.54, 1.807) is 0 Å². The van der Waals surface area contributed by atoms with Crippen LogP contribution in [0.2, 0.25) is 0 Å². The second kappa shape index (κ2) is 23.6. The minimum atomic E-state index is -1.54. The van der Waals surface area contributed by atoms with E-state index in [0.29, 0.717) is 0 Å². The molecule has 4 heteroatoms. The maximum absolute atomic E-state index is 3.07. The minimum absolute atomic E-state index is 0.0467. The first-order chi connectivity index (χ1) is 46.5. The fourth-order valence-corrected chi connectivity index (χ4v) is 86.5. The van der Waals surface area contributed by atoms with Gasteiger partial charge in [0.05, 0.1) is 0 Å². The molecular weight excluding hydrogens is 1270 g/mol. The Kier molecular flexibility index (Phi) is 17.9. The zero-order chi connectivity index (χ0) is 73.7. The van der Waals surface area contributed by atoms with Gasteiger partial charge in [0.2, 0.25) is 0 Å². The highest BCUT2D eigenvalue weighted by Gasteiger charge is 2.64. The van der Waals surface area contributed by atoms with Gasteiger partial charge in [-0.3, -0.25) is 0 Å². The van der Waals surface area contributed by atoms with Gasteiger partial charge in [0.25, 0.3) is 0 Å².